The van der Waals surface area contributed by atoms with Gasteiger partial charge in [0.05, 0.1) is 12.1 Å². The molecule has 3 aromatic rings. The van der Waals surface area contributed by atoms with E-state index in [1.807, 2.05) is 6.92 Å². The van der Waals surface area contributed by atoms with Crippen LogP contribution in [0.2, 0.25) is 0 Å². The molecule has 1 aromatic heterocycles. The van der Waals surface area contributed by atoms with E-state index in [4.69, 9.17) is 15.3 Å². The van der Waals surface area contributed by atoms with Gasteiger partial charge in [0.1, 0.15) is 11.5 Å². The van der Waals surface area contributed by atoms with Gasteiger partial charge in [0, 0.05) is 19.9 Å². The number of benzene rings is 2. The molecule has 0 saturated carbocycles. The summed E-state index contributed by atoms with van der Waals surface area (Å²) < 4.78 is 55.7. The first kappa shape index (κ1) is 25.9. The predicted octanol–water partition coefficient (Wildman–Crippen LogP) is 4.45. The highest BCUT2D eigenvalue weighted by Crippen LogP contribution is 2.39. The number of aliphatic hydroxyl groups is 2. The minimum absolute atomic E-state index is 0.0935. The Hall–Kier alpha value is -3.17. The van der Waals surface area contributed by atoms with Crippen molar-refractivity contribution < 1.29 is 37.7 Å². The van der Waals surface area contributed by atoms with E-state index in [1.54, 1.807) is 24.3 Å². The van der Waals surface area contributed by atoms with Crippen molar-refractivity contribution in [3.63, 3.8) is 0 Å². The number of halogens is 4. The highest BCUT2D eigenvalue weighted by molar-refractivity contribution is 5.74. The number of nitrogens with zero attached hydrogens (tertiary/aromatic N) is 1. The zero-order chi connectivity index (χ0) is 23.8. The number of rotatable bonds is 4. The van der Waals surface area contributed by atoms with Crippen molar-refractivity contribution in [3.05, 3.63) is 77.2 Å². The van der Waals surface area contributed by atoms with Crippen LogP contribution in [0.4, 0.5) is 17.6 Å². The molecule has 9 heteroatoms. The van der Waals surface area contributed by atoms with Crippen molar-refractivity contribution in [1.82, 2.24) is 4.57 Å². The number of carboxylic acid groups (broad SMARTS) is 1. The first-order valence-corrected chi connectivity index (χ1v) is 8.93. The Kier molecular flexibility index (Phi) is 9.41. The van der Waals surface area contributed by atoms with E-state index in [2.05, 4.69) is 0 Å². The number of aryl methyl sites for hydroxylation is 1. The Bertz CT molecular complexity index is 978. The third kappa shape index (κ3) is 6.40. The SMILES string of the molecule is CO.CO.Cc1ccc(-c2cc(CC(=O)O)c(C(F)(F)F)n2-c2ccc(F)cc2)cc1. The highest BCUT2D eigenvalue weighted by Gasteiger charge is 2.39. The van der Waals surface area contributed by atoms with Crippen LogP contribution in [0.1, 0.15) is 16.8 Å². The fourth-order valence-corrected chi connectivity index (χ4v) is 2.96. The summed E-state index contributed by atoms with van der Waals surface area (Å²) in [4.78, 5) is 11.1. The molecular formula is C22H23F4NO4. The van der Waals surface area contributed by atoms with Gasteiger partial charge in [-0.15, -0.1) is 0 Å². The van der Waals surface area contributed by atoms with Crippen LogP contribution in [0.15, 0.2) is 54.6 Å². The molecule has 31 heavy (non-hydrogen) atoms. The lowest BCUT2D eigenvalue weighted by atomic mass is 10.1. The van der Waals surface area contributed by atoms with Gasteiger partial charge < -0.3 is 19.9 Å². The maximum absolute atomic E-state index is 13.8. The summed E-state index contributed by atoms with van der Waals surface area (Å²) in [6.07, 6.45) is -5.57. The lowest BCUT2D eigenvalue weighted by Crippen LogP contribution is -2.16. The van der Waals surface area contributed by atoms with Crippen LogP contribution in [0, 0.1) is 12.7 Å². The van der Waals surface area contributed by atoms with Crippen molar-refractivity contribution in [3.8, 4) is 16.9 Å². The third-order valence-electron chi connectivity index (χ3n) is 4.12. The summed E-state index contributed by atoms with van der Waals surface area (Å²) in [5.74, 6) is -1.95. The number of hydrogen-bond acceptors (Lipinski definition) is 3. The average molecular weight is 441 g/mol. The first-order chi connectivity index (χ1) is 14.7. The Labute approximate surface area is 176 Å². The topological polar surface area (TPSA) is 82.7 Å². The molecule has 0 fully saturated rings. The molecule has 0 unspecified atom stereocenters. The van der Waals surface area contributed by atoms with Gasteiger partial charge in [-0.3, -0.25) is 4.79 Å². The monoisotopic (exact) mass is 441 g/mol. The highest BCUT2D eigenvalue weighted by atomic mass is 19.4. The molecule has 2 aromatic carbocycles. The fourth-order valence-electron chi connectivity index (χ4n) is 2.96. The molecule has 5 nitrogen and oxygen atoms in total. The first-order valence-electron chi connectivity index (χ1n) is 8.93. The zero-order valence-corrected chi connectivity index (χ0v) is 17.1. The molecule has 0 saturated heterocycles. The standard InChI is InChI=1S/C20H15F4NO2.2CH4O/c1-12-2-4-13(5-3-12)17-10-14(11-18(26)27)19(20(22,23)24)25(17)16-8-6-15(21)7-9-16;2*1-2/h2-10H,11H2,1H3,(H,26,27);2*2H,1H3. The molecule has 0 aliphatic rings. The molecule has 0 aliphatic heterocycles. The number of carbonyl (C=O) groups is 1. The summed E-state index contributed by atoms with van der Waals surface area (Å²) >= 11 is 0. The molecule has 0 spiro atoms. The molecule has 1 heterocycles. The van der Waals surface area contributed by atoms with Gasteiger partial charge in [-0.1, -0.05) is 29.8 Å². The van der Waals surface area contributed by atoms with Crippen molar-refractivity contribution in [2.75, 3.05) is 14.2 Å². The van der Waals surface area contributed by atoms with E-state index in [0.29, 0.717) is 5.56 Å². The third-order valence-corrected chi connectivity index (χ3v) is 4.12. The van der Waals surface area contributed by atoms with Crippen LogP contribution in [-0.2, 0) is 17.4 Å². The number of hydrogen-bond donors (Lipinski definition) is 3. The minimum Gasteiger partial charge on any atom is -0.481 e. The molecule has 0 atom stereocenters. The van der Waals surface area contributed by atoms with Crippen LogP contribution >= 0.6 is 0 Å². The van der Waals surface area contributed by atoms with Gasteiger partial charge in [0.2, 0.25) is 0 Å². The maximum atomic E-state index is 13.8. The minimum atomic E-state index is -4.79. The molecule has 0 amide bonds. The summed E-state index contributed by atoms with van der Waals surface area (Å²) in [5, 5.41) is 23.0. The second-order valence-corrected chi connectivity index (χ2v) is 6.15. The van der Waals surface area contributed by atoms with E-state index in [9.17, 15) is 22.4 Å². The van der Waals surface area contributed by atoms with Crippen LogP contribution in [0.25, 0.3) is 16.9 Å². The van der Waals surface area contributed by atoms with Gasteiger partial charge in [-0.05, 0) is 48.4 Å². The van der Waals surface area contributed by atoms with E-state index < -0.39 is 30.1 Å². The lowest BCUT2D eigenvalue weighted by Gasteiger charge is -2.17. The predicted molar refractivity (Wildman–Crippen MR) is 109 cm³/mol. The summed E-state index contributed by atoms with van der Waals surface area (Å²) in [6, 6.07) is 12.6. The molecule has 0 aliphatic carbocycles. The van der Waals surface area contributed by atoms with Crippen LogP contribution in [0.3, 0.4) is 0 Å². The van der Waals surface area contributed by atoms with Crippen molar-refractivity contribution in [2.24, 2.45) is 0 Å². The lowest BCUT2D eigenvalue weighted by molar-refractivity contribution is -0.143. The maximum Gasteiger partial charge on any atom is 0.432 e. The smallest absolute Gasteiger partial charge is 0.432 e. The average Bonchev–Trinajstić information content (AvgIpc) is 3.11. The molecule has 0 radical (unpaired) electrons. The van der Waals surface area contributed by atoms with Crippen LogP contribution in [-0.4, -0.2) is 40.1 Å². The van der Waals surface area contributed by atoms with E-state index in [1.165, 1.54) is 18.2 Å². The normalized spacial score (nSPS) is 10.5. The van der Waals surface area contributed by atoms with Gasteiger partial charge in [-0.2, -0.15) is 13.2 Å². The summed E-state index contributed by atoms with van der Waals surface area (Å²) in [7, 11) is 2.00. The van der Waals surface area contributed by atoms with Gasteiger partial charge in [-0.25, -0.2) is 4.39 Å². The van der Waals surface area contributed by atoms with Crippen molar-refractivity contribution in [1.29, 1.82) is 0 Å². The van der Waals surface area contributed by atoms with Gasteiger partial charge in [0.25, 0.3) is 0 Å². The fraction of sp³-hybridized carbons (Fsp3) is 0.227. The molecule has 0 bridgehead atoms. The van der Waals surface area contributed by atoms with Gasteiger partial charge >= 0.3 is 12.1 Å². The Morgan fingerprint density at radius 2 is 1.45 bits per heavy atom. The van der Waals surface area contributed by atoms with E-state index in [-0.39, 0.29) is 16.9 Å². The second-order valence-electron chi connectivity index (χ2n) is 6.15. The quantitative estimate of drug-likeness (QED) is 0.523. The van der Waals surface area contributed by atoms with E-state index >= 15 is 0 Å². The summed E-state index contributed by atoms with van der Waals surface area (Å²) in [6.45, 7) is 1.85. The van der Waals surface area contributed by atoms with E-state index in [0.717, 1.165) is 36.5 Å². The molecule has 3 N–H and O–H groups in total. The number of carboxylic acids is 1. The molecular weight excluding hydrogens is 418 g/mol. The molecule has 3 rings (SSSR count). The Morgan fingerprint density at radius 1 is 0.935 bits per heavy atom. The number of alkyl halides is 3. The Balaban J connectivity index is 0.00000113. The van der Waals surface area contributed by atoms with Crippen molar-refractivity contribution >= 4 is 5.97 Å². The van der Waals surface area contributed by atoms with Gasteiger partial charge in [0.15, 0.2) is 0 Å². The largest absolute Gasteiger partial charge is 0.481 e. The Morgan fingerprint density at radius 3 is 1.90 bits per heavy atom. The van der Waals surface area contributed by atoms with Crippen LogP contribution in [0.5, 0.6) is 0 Å². The number of aliphatic carboxylic acids is 1. The number of aromatic nitrogens is 1. The van der Waals surface area contributed by atoms with Crippen LogP contribution < -0.4 is 0 Å². The molecule has 168 valence electrons. The second kappa shape index (κ2) is 11.3. The number of aliphatic hydroxyl groups excluding tert-OH is 2. The summed E-state index contributed by atoms with van der Waals surface area (Å²) in [5.41, 5.74) is 0.274. The zero-order valence-electron chi connectivity index (χ0n) is 17.1. The van der Waals surface area contributed by atoms with Crippen molar-refractivity contribution in [2.45, 2.75) is 19.5 Å².